The minimum Gasteiger partial charge on any atom is -0.321 e. The van der Waals surface area contributed by atoms with Crippen molar-refractivity contribution in [2.45, 2.75) is 6.42 Å². The van der Waals surface area contributed by atoms with Crippen molar-refractivity contribution < 1.29 is 9.59 Å². The van der Waals surface area contributed by atoms with Crippen LogP contribution in [0.2, 0.25) is 0 Å². The van der Waals surface area contributed by atoms with Gasteiger partial charge in [0, 0.05) is 10.9 Å². The third kappa shape index (κ3) is 1.47. The van der Waals surface area contributed by atoms with Crippen LogP contribution in [-0.4, -0.2) is 11.8 Å². The molecule has 20 heavy (non-hydrogen) atoms. The molecule has 0 saturated heterocycles. The fraction of sp³-hybridized carbons (Fsp3) is 0.0667. The predicted molar refractivity (Wildman–Crippen MR) is 76.4 cm³/mol. The summed E-state index contributed by atoms with van der Waals surface area (Å²) >= 11 is 1.53. The van der Waals surface area contributed by atoms with Crippen LogP contribution in [0.15, 0.2) is 57.5 Å². The van der Waals surface area contributed by atoms with Crippen LogP contribution in [0.25, 0.3) is 5.70 Å². The second-order valence-electron chi connectivity index (χ2n) is 4.72. The van der Waals surface area contributed by atoms with Gasteiger partial charge < -0.3 is 10.6 Å². The van der Waals surface area contributed by atoms with Gasteiger partial charge in [-0.1, -0.05) is 18.2 Å². The summed E-state index contributed by atoms with van der Waals surface area (Å²) in [6, 6.07) is 1.90. The minimum atomic E-state index is -0.212. The molecule has 0 atom stereocenters. The van der Waals surface area contributed by atoms with E-state index < -0.39 is 0 Å². The summed E-state index contributed by atoms with van der Waals surface area (Å²) in [5, 5.41) is 9.49. The molecule has 5 heteroatoms. The van der Waals surface area contributed by atoms with Crippen molar-refractivity contribution in [2.24, 2.45) is 0 Å². The summed E-state index contributed by atoms with van der Waals surface area (Å²) in [5.41, 5.74) is 3.95. The second kappa shape index (κ2) is 4.05. The molecule has 0 radical (unpaired) electrons. The van der Waals surface area contributed by atoms with E-state index in [9.17, 15) is 9.59 Å². The number of amides is 2. The fourth-order valence-corrected chi connectivity index (χ4v) is 3.31. The van der Waals surface area contributed by atoms with E-state index in [2.05, 4.69) is 10.6 Å². The Bertz CT molecular complexity index is 764. The Morgan fingerprint density at radius 2 is 1.80 bits per heavy atom. The van der Waals surface area contributed by atoms with E-state index in [0.717, 1.165) is 17.6 Å². The molecule has 0 aromatic carbocycles. The topological polar surface area (TPSA) is 58.2 Å². The zero-order valence-electron chi connectivity index (χ0n) is 10.4. The number of carbonyl (C=O) groups is 2. The molecular formula is C15H10N2O2S. The molecule has 3 aliphatic rings. The molecule has 2 amide bonds. The van der Waals surface area contributed by atoms with Crippen molar-refractivity contribution in [2.75, 3.05) is 0 Å². The van der Waals surface area contributed by atoms with Crippen molar-refractivity contribution in [3.8, 4) is 0 Å². The molecular weight excluding hydrogens is 272 g/mol. The Morgan fingerprint density at radius 1 is 1.05 bits per heavy atom. The monoisotopic (exact) mass is 282 g/mol. The lowest BCUT2D eigenvalue weighted by Crippen LogP contribution is -2.22. The molecule has 1 aromatic rings. The standard InChI is InChI=1S/C15H10N2O2S/c18-14-10-11(13(17-14)9-5-6-20-7-9)15(19)16-12(10)8-3-1-2-4-8/h1,3-7H,2H2,(H,16,19)(H,17,18). The Hall–Kier alpha value is -2.40. The molecule has 4 nitrogen and oxygen atoms in total. The number of nitrogens with one attached hydrogen (secondary N) is 2. The van der Waals surface area contributed by atoms with E-state index in [1.807, 2.05) is 35.1 Å². The SMILES string of the molecule is O=C1NC(c2ccsc2)=C2C(=O)NC(C3=CCC=C3)=C12. The predicted octanol–water partition coefficient (Wildman–Crippen LogP) is 1.86. The number of allylic oxidation sites excluding steroid dienone is 3. The van der Waals surface area contributed by atoms with Crippen molar-refractivity contribution in [3.63, 3.8) is 0 Å². The fourth-order valence-electron chi connectivity index (χ4n) is 2.66. The van der Waals surface area contributed by atoms with Gasteiger partial charge in [-0.05, 0) is 23.4 Å². The van der Waals surface area contributed by atoms with Crippen LogP contribution in [0, 0.1) is 0 Å². The number of carbonyl (C=O) groups excluding carboxylic acids is 2. The number of hydrogen-bond donors (Lipinski definition) is 2. The van der Waals surface area contributed by atoms with Gasteiger partial charge in [-0.15, -0.1) is 0 Å². The number of hydrogen-bond acceptors (Lipinski definition) is 3. The molecule has 3 heterocycles. The lowest BCUT2D eigenvalue weighted by molar-refractivity contribution is -0.117. The van der Waals surface area contributed by atoms with E-state index in [1.165, 1.54) is 11.3 Å². The van der Waals surface area contributed by atoms with E-state index in [0.29, 0.717) is 22.5 Å². The number of thiophene rings is 1. The maximum Gasteiger partial charge on any atom is 0.258 e. The highest BCUT2D eigenvalue weighted by molar-refractivity contribution is 7.08. The first-order valence-corrected chi connectivity index (χ1v) is 7.21. The molecule has 2 N–H and O–H groups in total. The lowest BCUT2D eigenvalue weighted by atomic mass is 10.0. The highest BCUT2D eigenvalue weighted by atomic mass is 32.1. The van der Waals surface area contributed by atoms with Crippen LogP contribution >= 0.6 is 11.3 Å². The van der Waals surface area contributed by atoms with Crippen LogP contribution in [0.3, 0.4) is 0 Å². The van der Waals surface area contributed by atoms with E-state index in [1.54, 1.807) is 0 Å². The molecule has 0 unspecified atom stereocenters. The van der Waals surface area contributed by atoms with Crippen molar-refractivity contribution in [1.29, 1.82) is 0 Å². The second-order valence-corrected chi connectivity index (χ2v) is 5.50. The number of fused-ring (bicyclic) bond motifs is 1. The molecule has 2 aliphatic heterocycles. The van der Waals surface area contributed by atoms with Gasteiger partial charge in [-0.3, -0.25) is 9.59 Å². The minimum absolute atomic E-state index is 0.212. The zero-order chi connectivity index (χ0) is 13.7. The lowest BCUT2D eigenvalue weighted by Gasteiger charge is -2.05. The quantitative estimate of drug-likeness (QED) is 0.870. The third-order valence-corrected chi connectivity index (χ3v) is 4.23. The highest BCUT2D eigenvalue weighted by Gasteiger charge is 2.41. The molecule has 0 fully saturated rings. The first-order chi connectivity index (χ1) is 9.75. The van der Waals surface area contributed by atoms with Crippen molar-refractivity contribution >= 4 is 28.8 Å². The summed E-state index contributed by atoms with van der Waals surface area (Å²) in [7, 11) is 0. The van der Waals surface area contributed by atoms with Gasteiger partial charge in [-0.2, -0.15) is 11.3 Å². The normalized spacial score (nSPS) is 20.5. The average Bonchev–Trinajstić information content (AvgIpc) is 3.17. The summed E-state index contributed by atoms with van der Waals surface area (Å²) in [5.74, 6) is -0.425. The maximum atomic E-state index is 12.2. The van der Waals surface area contributed by atoms with Gasteiger partial charge in [0.25, 0.3) is 11.8 Å². The van der Waals surface area contributed by atoms with E-state index >= 15 is 0 Å². The summed E-state index contributed by atoms with van der Waals surface area (Å²) in [6.07, 6.45) is 6.77. The van der Waals surface area contributed by atoms with Gasteiger partial charge in [0.2, 0.25) is 0 Å². The Labute approximate surface area is 119 Å². The van der Waals surface area contributed by atoms with Gasteiger partial charge in [-0.25, -0.2) is 0 Å². The van der Waals surface area contributed by atoms with Gasteiger partial charge in [0.15, 0.2) is 0 Å². The molecule has 0 bridgehead atoms. The molecule has 0 spiro atoms. The largest absolute Gasteiger partial charge is 0.321 e. The average molecular weight is 282 g/mol. The van der Waals surface area contributed by atoms with Crippen molar-refractivity contribution in [3.05, 3.63) is 63.0 Å². The van der Waals surface area contributed by atoms with Gasteiger partial charge in [0.05, 0.1) is 22.5 Å². The van der Waals surface area contributed by atoms with Crippen LogP contribution in [0.5, 0.6) is 0 Å². The Balaban J connectivity index is 1.92. The highest BCUT2D eigenvalue weighted by Crippen LogP contribution is 2.37. The molecule has 4 rings (SSSR count). The van der Waals surface area contributed by atoms with E-state index in [-0.39, 0.29) is 11.8 Å². The van der Waals surface area contributed by atoms with E-state index in [4.69, 9.17) is 0 Å². The molecule has 1 aromatic heterocycles. The third-order valence-electron chi connectivity index (χ3n) is 3.55. The van der Waals surface area contributed by atoms with Crippen LogP contribution < -0.4 is 10.6 Å². The molecule has 1 aliphatic carbocycles. The molecule has 0 saturated carbocycles. The maximum absolute atomic E-state index is 12.2. The van der Waals surface area contributed by atoms with Crippen LogP contribution in [0.4, 0.5) is 0 Å². The first-order valence-electron chi connectivity index (χ1n) is 6.27. The van der Waals surface area contributed by atoms with Gasteiger partial charge >= 0.3 is 0 Å². The van der Waals surface area contributed by atoms with Gasteiger partial charge in [0.1, 0.15) is 0 Å². The Kier molecular flexibility index (Phi) is 2.31. The smallest absolute Gasteiger partial charge is 0.258 e. The van der Waals surface area contributed by atoms with Crippen LogP contribution in [-0.2, 0) is 9.59 Å². The van der Waals surface area contributed by atoms with Crippen LogP contribution in [0.1, 0.15) is 12.0 Å². The summed E-state index contributed by atoms with van der Waals surface area (Å²) < 4.78 is 0. The first kappa shape index (κ1) is 11.4. The zero-order valence-corrected chi connectivity index (χ0v) is 11.2. The summed E-state index contributed by atoms with van der Waals surface area (Å²) in [6.45, 7) is 0. The number of rotatable bonds is 2. The van der Waals surface area contributed by atoms with Crippen molar-refractivity contribution in [1.82, 2.24) is 10.6 Å². The Morgan fingerprint density at radius 3 is 2.45 bits per heavy atom. The molecule has 98 valence electrons. The summed E-state index contributed by atoms with van der Waals surface area (Å²) in [4.78, 5) is 24.4.